The lowest BCUT2D eigenvalue weighted by Gasteiger charge is -2.26. The molecule has 1 aliphatic heterocycles. The Morgan fingerprint density at radius 1 is 1.25 bits per heavy atom. The third-order valence-corrected chi connectivity index (χ3v) is 5.02. The summed E-state index contributed by atoms with van der Waals surface area (Å²) >= 11 is 0. The Morgan fingerprint density at radius 3 is 2.84 bits per heavy atom. The van der Waals surface area contributed by atoms with E-state index in [1.807, 2.05) is 31.0 Å². The van der Waals surface area contributed by atoms with E-state index < -0.39 is 0 Å². The highest BCUT2D eigenvalue weighted by molar-refractivity contribution is 5.84. The van der Waals surface area contributed by atoms with Crippen molar-refractivity contribution in [2.75, 3.05) is 77.1 Å². The number of hydrazone groups is 1. The molecular weight excluding hydrogens is 412 g/mol. The molecule has 1 saturated heterocycles. The molecule has 0 bridgehead atoms. The van der Waals surface area contributed by atoms with Crippen LogP contribution in [0.15, 0.2) is 29.4 Å². The summed E-state index contributed by atoms with van der Waals surface area (Å²) in [5.41, 5.74) is 4.56. The number of rotatable bonds is 11. The van der Waals surface area contributed by atoms with Crippen LogP contribution in [0.2, 0.25) is 0 Å². The second-order valence-electron chi connectivity index (χ2n) is 7.54. The molecule has 0 amide bonds. The lowest BCUT2D eigenvalue weighted by atomic mass is 10.1. The molecule has 1 aromatic carbocycles. The summed E-state index contributed by atoms with van der Waals surface area (Å²) in [7, 11) is 3.59. The van der Waals surface area contributed by atoms with Crippen LogP contribution in [0, 0.1) is 6.92 Å². The fourth-order valence-electron chi connectivity index (χ4n) is 3.11. The number of phenols is 1. The van der Waals surface area contributed by atoms with E-state index in [2.05, 4.69) is 25.4 Å². The molecule has 1 aromatic heterocycles. The Hall–Kier alpha value is -2.95. The normalized spacial score (nSPS) is 14.6. The average molecular weight is 445 g/mol. The highest BCUT2D eigenvalue weighted by Crippen LogP contribution is 2.20. The molecule has 0 aliphatic carbocycles. The quantitative estimate of drug-likeness (QED) is 0.396. The van der Waals surface area contributed by atoms with E-state index in [9.17, 15) is 5.11 Å². The van der Waals surface area contributed by atoms with Crippen molar-refractivity contribution in [1.29, 1.82) is 0 Å². The van der Waals surface area contributed by atoms with Crippen molar-refractivity contribution in [3.8, 4) is 11.8 Å². The standard InChI is InChI=1S/C22H32N6O4/c1-17-4-5-19(29)18(14-17)16-23-26-20-15-21(27(2)6-10-30-3)25-22(24-20)32-13-9-28-7-11-31-12-8-28/h4-5,14-16,29H,6-13H2,1-3H3,(H,24,25,26). The largest absolute Gasteiger partial charge is 0.507 e. The Morgan fingerprint density at radius 2 is 2.06 bits per heavy atom. The number of ether oxygens (including phenoxy) is 3. The van der Waals surface area contributed by atoms with E-state index in [0.29, 0.717) is 37.0 Å². The molecule has 3 rings (SSSR count). The van der Waals surface area contributed by atoms with Crippen LogP contribution < -0.4 is 15.1 Å². The van der Waals surface area contributed by atoms with Gasteiger partial charge in [0.05, 0.1) is 26.0 Å². The topological polar surface area (TPSA) is 105 Å². The van der Waals surface area contributed by atoms with Gasteiger partial charge in [0.15, 0.2) is 5.82 Å². The average Bonchev–Trinajstić information content (AvgIpc) is 2.80. The van der Waals surface area contributed by atoms with Gasteiger partial charge in [-0.15, -0.1) is 0 Å². The van der Waals surface area contributed by atoms with E-state index in [4.69, 9.17) is 14.2 Å². The first-order valence-corrected chi connectivity index (χ1v) is 10.7. The minimum atomic E-state index is 0.163. The number of nitrogens with one attached hydrogen (secondary N) is 1. The fourth-order valence-corrected chi connectivity index (χ4v) is 3.11. The third kappa shape index (κ3) is 7.33. The van der Waals surface area contributed by atoms with E-state index in [1.54, 1.807) is 25.5 Å². The first-order chi connectivity index (χ1) is 15.5. The lowest BCUT2D eigenvalue weighted by molar-refractivity contribution is 0.0317. The second kappa shape index (κ2) is 12.2. The second-order valence-corrected chi connectivity index (χ2v) is 7.54. The van der Waals surface area contributed by atoms with Crippen LogP contribution in [0.5, 0.6) is 11.8 Å². The number of anilines is 2. The number of morpholine rings is 1. The summed E-state index contributed by atoms with van der Waals surface area (Å²) in [5.74, 6) is 1.34. The fraction of sp³-hybridized carbons (Fsp3) is 0.500. The molecule has 0 saturated carbocycles. The van der Waals surface area contributed by atoms with Gasteiger partial charge in [-0.25, -0.2) is 0 Å². The SMILES string of the molecule is COCCN(C)c1cc(NN=Cc2cc(C)ccc2O)nc(OCCN2CCOCC2)n1. The molecule has 174 valence electrons. The van der Waals surface area contributed by atoms with Crippen LogP contribution in [0.4, 0.5) is 11.6 Å². The number of hydrogen-bond donors (Lipinski definition) is 2. The number of methoxy groups -OCH3 is 1. The van der Waals surface area contributed by atoms with Gasteiger partial charge < -0.3 is 24.2 Å². The molecule has 10 nitrogen and oxygen atoms in total. The zero-order valence-corrected chi connectivity index (χ0v) is 19.0. The van der Waals surface area contributed by atoms with Gasteiger partial charge in [0, 0.05) is 52.0 Å². The molecule has 2 N–H and O–H groups in total. The maximum absolute atomic E-state index is 9.99. The molecule has 0 atom stereocenters. The molecule has 0 spiro atoms. The van der Waals surface area contributed by atoms with Crippen molar-refractivity contribution in [3.05, 3.63) is 35.4 Å². The Balaban J connectivity index is 1.68. The highest BCUT2D eigenvalue weighted by Gasteiger charge is 2.12. The number of likely N-dealkylation sites (N-methyl/N-ethyl adjacent to an activating group) is 1. The maximum atomic E-state index is 9.99. The maximum Gasteiger partial charge on any atom is 0.320 e. The molecule has 0 radical (unpaired) electrons. The zero-order valence-electron chi connectivity index (χ0n) is 19.0. The lowest BCUT2D eigenvalue weighted by Crippen LogP contribution is -2.38. The van der Waals surface area contributed by atoms with Crippen molar-refractivity contribution < 1.29 is 19.3 Å². The molecule has 2 heterocycles. The number of phenolic OH excluding ortho intramolecular Hbond substituents is 1. The molecule has 1 fully saturated rings. The van der Waals surface area contributed by atoms with E-state index in [1.165, 1.54) is 0 Å². The van der Waals surface area contributed by atoms with Gasteiger partial charge in [-0.05, 0) is 19.1 Å². The van der Waals surface area contributed by atoms with Crippen LogP contribution >= 0.6 is 0 Å². The number of aryl methyl sites for hydroxylation is 1. The van der Waals surface area contributed by atoms with Gasteiger partial charge in [0.2, 0.25) is 0 Å². The summed E-state index contributed by atoms with van der Waals surface area (Å²) in [6.07, 6.45) is 1.55. The Bertz CT molecular complexity index is 889. The number of benzene rings is 1. The molecule has 32 heavy (non-hydrogen) atoms. The summed E-state index contributed by atoms with van der Waals surface area (Å²) in [6, 6.07) is 7.40. The molecule has 1 aliphatic rings. The van der Waals surface area contributed by atoms with Crippen LogP contribution in [0.3, 0.4) is 0 Å². The first-order valence-electron chi connectivity index (χ1n) is 10.7. The van der Waals surface area contributed by atoms with Crippen LogP contribution in [-0.2, 0) is 9.47 Å². The highest BCUT2D eigenvalue weighted by atomic mass is 16.5. The van der Waals surface area contributed by atoms with Crippen molar-refractivity contribution in [3.63, 3.8) is 0 Å². The van der Waals surface area contributed by atoms with E-state index in [-0.39, 0.29) is 11.8 Å². The smallest absolute Gasteiger partial charge is 0.320 e. The number of aromatic hydroxyl groups is 1. The van der Waals surface area contributed by atoms with Gasteiger partial charge in [0.1, 0.15) is 18.2 Å². The third-order valence-electron chi connectivity index (χ3n) is 5.02. The molecule has 2 aromatic rings. The van der Waals surface area contributed by atoms with Crippen LogP contribution in [0.1, 0.15) is 11.1 Å². The summed E-state index contributed by atoms with van der Waals surface area (Å²) in [6.45, 7) is 7.75. The van der Waals surface area contributed by atoms with Crippen molar-refractivity contribution in [2.24, 2.45) is 5.10 Å². The van der Waals surface area contributed by atoms with Gasteiger partial charge in [-0.2, -0.15) is 15.1 Å². The van der Waals surface area contributed by atoms with Gasteiger partial charge in [0.25, 0.3) is 0 Å². The number of aromatic nitrogens is 2. The monoisotopic (exact) mass is 444 g/mol. The van der Waals surface area contributed by atoms with E-state index >= 15 is 0 Å². The van der Waals surface area contributed by atoms with Gasteiger partial charge >= 0.3 is 6.01 Å². The number of nitrogens with zero attached hydrogens (tertiary/aromatic N) is 5. The minimum Gasteiger partial charge on any atom is -0.507 e. The Labute approximate surface area is 188 Å². The minimum absolute atomic E-state index is 0.163. The molecule has 10 heteroatoms. The zero-order chi connectivity index (χ0) is 22.8. The van der Waals surface area contributed by atoms with Crippen molar-refractivity contribution in [1.82, 2.24) is 14.9 Å². The summed E-state index contributed by atoms with van der Waals surface area (Å²) in [4.78, 5) is 13.2. The van der Waals surface area contributed by atoms with Crippen molar-refractivity contribution in [2.45, 2.75) is 6.92 Å². The molecule has 0 unspecified atom stereocenters. The van der Waals surface area contributed by atoms with Crippen LogP contribution in [0.25, 0.3) is 0 Å². The first kappa shape index (κ1) is 23.7. The predicted octanol–water partition coefficient (Wildman–Crippen LogP) is 1.73. The van der Waals surface area contributed by atoms with Crippen LogP contribution in [-0.4, -0.2) is 93.0 Å². The van der Waals surface area contributed by atoms with Gasteiger partial charge in [-0.1, -0.05) is 11.6 Å². The molecular formula is C22H32N6O4. The summed E-state index contributed by atoms with van der Waals surface area (Å²) < 4.78 is 16.4. The van der Waals surface area contributed by atoms with E-state index in [0.717, 1.165) is 38.4 Å². The van der Waals surface area contributed by atoms with Gasteiger partial charge in [-0.3, -0.25) is 10.3 Å². The van der Waals surface area contributed by atoms with Crippen molar-refractivity contribution >= 4 is 17.9 Å². The Kier molecular flexibility index (Phi) is 9.02. The summed E-state index contributed by atoms with van der Waals surface area (Å²) in [5, 5.41) is 14.2. The number of hydrogen-bond acceptors (Lipinski definition) is 10. The predicted molar refractivity (Wildman–Crippen MR) is 124 cm³/mol.